The number of guanidine groups is 1. The summed E-state index contributed by atoms with van der Waals surface area (Å²) in [5, 5.41) is 13.5. The van der Waals surface area contributed by atoms with Gasteiger partial charge in [0.15, 0.2) is 17.5 Å². The van der Waals surface area contributed by atoms with Crippen molar-refractivity contribution in [1.82, 2.24) is 10.2 Å². The van der Waals surface area contributed by atoms with E-state index in [4.69, 9.17) is 9.73 Å². The number of para-hydroxylation sites is 1. The third-order valence-corrected chi connectivity index (χ3v) is 4.96. The van der Waals surface area contributed by atoms with Crippen LogP contribution in [-0.2, 0) is 13.0 Å². The molecule has 0 amide bonds. The van der Waals surface area contributed by atoms with Gasteiger partial charge in [-0.3, -0.25) is 4.99 Å². The molecular weight excluding hydrogens is 485 g/mol. The lowest BCUT2D eigenvalue weighted by molar-refractivity contribution is 0.370. The highest BCUT2D eigenvalue weighted by Gasteiger charge is 2.09. The van der Waals surface area contributed by atoms with Gasteiger partial charge in [-0.15, -0.1) is 35.7 Å². The van der Waals surface area contributed by atoms with Crippen LogP contribution in [0.15, 0.2) is 52.4 Å². The first-order chi connectivity index (χ1) is 13.1. The lowest BCUT2D eigenvalue weighted by Gasteiger charge is -2.22. The maximum Gasteiger partial charge on any atom is 0.193 e. The van der Waals surface area contributed by atoms with Crippen LogP contribution in [0, 0.1) is 0 Å². The quantitative estimate of drug-likeness (QED) is 0.237. The van der Waals surface area contributed by atoms with Crippen LogP contribution in [0.1, 0.15) is 18.1 Å². The van der Waals surface area contributed by atoms with E-state index in [9.17, 15) is 5.11 Å². The number of aliphatic imine (C=N–C) groups is 1. The van der Waals surface area contributed by atoms with Crippen molar-refractivity contribution >= 4 is 41.7 Å². The largest absolute Gasteiger partial charge is 0.504 e. The Morgan fingerprint density at radius 2 is 1.93 bits per heavy atom. The molecule has 2 rings (SSSR count). The predicted octanol–water partition coefficient (Wildman–Crippen LogP) is 4.38. The molecule has 0 aromatic heterocycles. The van der Waals surface area contributed by atoms with E-state index in [1.54, 1.807) is 24.9 Å². The second kappa shape index (κ2) is 12.8. The number of methoxy groups -OCH3 is 1. The summed E-state index contributed by atoms with van der Waals surface area (Å²) >= 11 is 1.74. The topological polar surface area (TPSA) is 57.1 Å². The van der Waals surface area contributed by atoms with Crippen LogP contribution in [0.4, 0.5) is 0 Å². The molecule has 0 heterocycles. The molecule has 0 fully saturated rings. The first-order valence-corrected chi connectivity index (χ1v) is 10.3. The average Bonchev–Trinajstić information content (AvgIpc) is 2.69. The van der Waals surface area contributed by atoms with Gasteiger partial charge in [0.05, 0.1) is 7.11 Å². The van der Waals surface area contributed by atoms with Crippen LogP contribution in [0.5, 0.6) is 11.5 Å². The molecule has 2 N–H and O–H groups in total. The van der Waals surface area contributed by atoms with E-state index in [0.29, 0.717) is 18.7 Å². The second-order valence-electron chi connectivity index (χ2n) is 6.16. The predicted molar refractivity (Wildman–Crippen MR) is 129 cm³/mol. The lowest BCUT2D eigenvalue weighted by Crippen LogP contribution is -2.38. The smallest absolute Gasteiger partial charge is 0.193 e. The van der Waals surface area contributed by atoms with Gasteiger partial charge in [-0.25, -0.2) is 0 Å². The van der Waals surface area contributed by atoms with E-state index in [1.165, 1.54) is 10.5 Å². The molecular formula is C21H30IN3O2S. The van der Waals surface area contributed by atoms with E-state index >= 15 is 0 Å². The van der Waals surface area contributed by atoms with E-state index in [-0.39, 0.29) is 29.7 Å². The van der Waals surface area contributed by atoms with E-state index in [0.717, 1.165) is 24.6 Å². The zero-order valence-electron chi connectivity index (χ0n) is 16.9. The van der Waals surface area contributed by atoms with E-state index in [2.05, 4.69) is 47.7 Å². The maximum atomic E-state index is 10.2. The molecule has 28 heavy (non-hydrogen) atoms. The fraction of sp³-hybridized carbons (Fsp3) is 0.381. The molecule has 0 radical (unpaired) electrons. The number of hydrogen-bond donors (Lipinski definition) is 2. The molecule has 154 valence electrons. The number of ether oxygens (including phenoxy) is 1. The number of aromatic hydroxyl groups is 1. The summed E-state index contributed by atoms with van der Waals surface area (Å²) in [5.74, 6) is 1.55. The Balaban J connectivity index is 0.00000392. The van der Waals surface area contributed by atoms with Gasteiger partial charge in [-0.05, 0) is 48.9 Å². The molecule has 0 bridgehead atoms. The molecule has 0 aliphatic carbocycles. The fourth-order valence-corrected chi connectivity index (χ4v) is 3.17. The van der Waals surface area contributed by atoms with Gasteiger partial charge in [-0.1, -0.05) is 24.3 Å². The molecule has 0 saturated heterocycles. The summed E-state index contributed by atoms with van der Waals surface area (Å²) in [7, 11) is 3.59. The summed E-state index contributed by atoms with van der Waals surface area (Å²) in [5.41, 5.74) is 2.08. The Hall–Kier alpha value is -1.61. The van der Waals surface area contributed by atoms with Crippen LogP contribution >= 0.6 is 35.7 Å². The highest BCUT2D eigenvalue weighted by Crippen LogP contribution is 2.29. The Morgan fingerprint density at radius 1 is 1.21 bits per heavy atom. The lowest BCUT2D eigenvalue weighted by atomic mass is 10.1. The standard InChI is InChI=1S/C21H29N3O2S.HI/c1-5-22-21(24(2)15-16-9-11-18(27-4)12-10-16)23-14-13-17-7-6-8-19(26-3)20(17)25;/h6-12,25H,5,13-15H2,1-4H3,(H,22,23);1H. The van der Waals surface area contributed by atoms with Gasteiger partial charge in [-0.2, -0.15) is 0 Å². The van der Waals surface area contributed by atoms with Gasteiger partial charge in [0.2, 0.25) is 0 Å². The van der Waals surface area contributed by atoms with Crippen molar-refractivity contribution < 1.29 is 9.84 Å². The Kier molecular flexibility index (Phi) is 11.1. The van der Waals surface area contributed by atoms with Crippen molar-refractivity contribution in [2.75, 3.05) is 33.5 Å². The third kappa shape index (κ3) is 7.09. The van der Waals surface area contributed by atoms with Crippen molar-refractivity contribution in [3.8, 4) is 11.5 Å². The van der Waals surface area contributed by atoms with Crippen LogP contribution < -0.4 is 10.1 Å². The van der Waals surface area contributed by atoms with Gasteiger partial charge in [0.25, 0.3) is 0 Å². The minimum Gasteiger partial charge on any atom is -0.504 e. The third-order valence-electron chi connectivity index (χ3n) is 4.22. The first-order valence-electron chi connectivity index (χ1n) is 9.06. The van der Waals surface area contributed by atoms with Crippen LogP contribution in [0.25, 0.3) is 0 Å². The van der Waals surface area contributed by atoms with Gasteiger partial charge in [0.1, 0.15) is 0 Å². The Bertz CT molecular complexity index is 754. The molecule has 5 nitrogen and oxygen atoms in total. The number of thioether (sulfide) groups is 1. The number of hydrogen-bond acceptors (Lipinski definition) is 4. The fourth-order valence-electron chi connectivity index (χ4n) is 2.77. The summed E-state index contributed by atoms with van der Waals surface area (Å²) in [6.45, 7) is 4.23. The summed E-state index contributed by atoms with van der Waals surface area (Å²) in [6.07, 6.45) is 2.73. The number of phenols is 1. The van der Waals surface area contributed by atoms with Crippen molar-refractivity contribution in [3.63, 3.8) is 0 Å². The van der Waals surface area contributed by atoms with Crippen molar-refractivity contribution in [1.29, 1.82) is 0 Å². The number of phenolic OH excluding ortho intramolecular Hbond substituents is 1. The molecule has 0 unspecified atom stereocenters. The van der Waals surface area contributed by atoms with Crippen LogP contribution in [0.3, 0.4) is 0 Å². The molecule has 0 aliphatic heterocycles. The number of benzene rings is 2. The molecule has 2 aromatic carbocycles. The van der Waals surface area contributed by atoms with Gasteiger partial charge >= 0.3 is 0 Å². The van der Waals surface area contributed by atoms with Crippen molar-refractivity contribution in [2.24, 2.45) is 4.99 Å². The summed E-state index contributed by atoms with van der Waals surface area (Å²) < 4.78 is 5.16. The highest BCUT2D eigenvalue weighted by atomic mass is 127. The maximum absolute atomic E-state index is 10.2. The normalized spacial score (nSPS) is 10.9. The molecule has 0 aliphatic rings. The van der Waals surface area contributed by atoms with Gasteiger partial charge in [0, 0.05) is 31.6 Å². The Labute approximate surface area is 189 Å². The van der Waals surface area contributed by atoms with Crippen molar-refractivity contribution in [3.05, 3.63) is 53.6 Å². The van der Waals surface area contributed by atoms with E-state index < -0.39 is 0 Å². The summed E-state index contributed by atoms with van der Waals surface area (Å²) in [4.78, 5) is 8.09. The second-order valence-corrected chi connectivity index (χ2v) is 7.04. The average molecular weight is 515 g/mol. The van der Waals surface area contributed by atoms with E-state index in [1.807, 2.05) is 19.2 Å². The number of rotatable bonds is 8. The molecule has 0 spiro atoms. The molecule has 0 saturated carbocycles. The highest BCUT2D eigenvalue weighted by molar-refractivity contribution is 14.0. The molecule has 2 aromatic rings. The SMILES string of the molecule is CCNC(=NCCc1cccc(OC)c1O)N(C)Cc1ccc(SC)cc1.I. The molecule has 0 atom stereocenters. The number of nitrogens with zero attached hydrogens (tertiary/aromatic N) is 2. The van der Waals surface area contributed by atoms with Gasteiger partial charge < -0.3 is 20.1 Å². The number of halogens is 1. The first kappa shape index (κ1) is 24.4. The molecule has 7 heteroatoms. The number of nitrogens with one attached hydrogen (secondary N) is 1. The van der Waals surface area contributed by atoms with Crippen LogP contribution in [-0.4, -0.2) is 49.5 Å². The van der Waals surface area contributed by atoms with Crippen LogP contribution in [0.2, 0.25) is 0 Å². The van der Waals surface area contributed by atoms with Crippen molar-refractivity contribution in [2.45, 2.75) is 24.8 Å². The monoisotopic (exact) mass is 515 g/mol. The summed E-state index contributed by atoms with van der Waals surface area (Å²) in [6, 6.07) is 14.1. The zero-order valence-corrected chi connectivity index (χ0v) is 20.1. The minimum absolute atomic E-state index is 0. The zero-order chi connectivity index (χ0) is 19.6. The Morgan fingerprint density at radius 3 is 2.54 bits per heavy atom. The minimum atomic E-state index is 0.